The Morgan fingerprint density at radius 2 is 1.86 bits per heavy atom. The first-order chi connectivity index (χ1) is 13.9. The molecule has 0 unspecified atom stereocenters. The molecule has 2 N–H and O–H groups in total. The van der Waals surface area contributed by atoms with Crippen LogP contribution in [-0.4, -0.2) is 48.6 Å². The maximum absolute atomic E-state index is 12.9. The number of amides is 3. The maximum atomic E-state index is 12.9. The molecule has 1 atom stereocenters. The minimum absolute atomic E-state index is 0.0691. The summed E-state index contributed by atoms with van der Waals surface area (Å²) in [6.07, 6.45) is 2.33. The zero-order valence-corrected chi connectivity index (χ0v) is 17.8. The van der Waals surface area contributed by atoms with Gasteiger partial charge in [-0.05, 0) is 35.6 Å². The van der Waals surface area contributed by atoms with Crippen molar-refractivity contribution < 1.29 is 19.1 Å². The number of methoxy groups -OCH3 is 2. The third-order valence-corrected chi connectivity index (χ3v) is 5.58. The fraction of sp³-hybridized carbons (Fsp3) is 0.450. The van der Waals surface area contributed by atoms with Crippen LogP contribution in [0.3, 0.4) is 0 Å². The summed E-state index contributed by atoms with van der Waals surface area (Å²) in [5, 5.41) is 7.94. The summed E-state index contributed by atoms with van der Waals surface area (Å²) in [6.45, 7) is 4.80. The van der Waals surface area contributed by atoms with Gasteiger partial charge in [0.15, 0.2) is 16.6 Å². The molecule has 0 spiro atoms. The summed E-state index contributed by atoms with van der Waals surface area (Å²) < 4.78 is 10.7. The van der Waals surface area contributed by atoms with Crippen molar-refractivity contribution in [1.82, 2.24) is 15.2 Å². The smallest absolute Gasteiger partial charge is 0.318 e. The van der Waals surface area contributed by atoms with Crippen molar-refractivity contribution in [3.63, 3.8) is 0 Å². The van der Waals surface area contributed by atoms with Crippen LogP contribution >= 0.6 is 11.3 Å². The minimum atomic E-state index is -0.654. The third-order valence-electron chi connectivity index (χ3n) is 4.90. The Hall–Kier alpha value is -2.81. The summed E-state index contributed by atoms with van der Waals surface area (Å²) in [4.78, 5) is 31.3. The van der Waals surface area contributed by atoms with Gasteiger partial charge in [0, 0.05) is 24.7 Å². The van der Waals surface area contributed by atoms with Crippen LogP contribution in [0.1, 0.15) is 25.0 Å². The molecule has 8 nitrogen and oxygen atoms in total. The molecule has 1 aromatic carbocycles. The van der Waals surface area contributed by atoms with Gasteiger partial charge in [0.05, 0.1) is 14.2 Å². The highest BCUT2D eigenvalue weighted by Crippen LogP contribution is 2.33. The van der Waals surface area contributed by atoms with Gasteiger partial charge in [0.1, 0.15) is 6.04 Å². The average molecular weight is 419 g/mol. The molecule has 1 aliphatic heterocycles. The van der Waals surface area contributed by atoms with Crippen LogP contribution in [0.2, 0.25) is 0 Å². The number of ether oxygens (including phenoxy) is 2. The number of anilines is 1. The van der Waals surface area contributed by atoms with Crippen molar-refractivity contribution in [1.29, 1.82) is 0 Å². The Morgan fingerprint density at radius 1 is 1.17 bits per heavy atom. The van der Waals surface area contributed by atoms with E-state index in [1.807, 2.05) is 26.0 Å². The van der Waals surface area contributed by atoms with E-state index >= 15 is 0 Å². The molecule has 0 saturated heterocycles. The summed E-state index contributed by atoms with van der Waals surface area (Å²) in [7, 11) is 3.20. The van der Waals surface area contributed by atoms with Gasteiger partial charge in [0.2, 0.25) is 5.91 Å². The highest BCUT2D eigenvalue weighted by molar-refractivity contribution is 7.13. The highest BCUT2D eigenvalue weighted by Gasteiger charge is 2.29. The predicted octanol–water partition coefficient (Wildman–Crippen LogP) is 2.89. The number of hydrogen-bond donors (Lipinski definition) is 2. The van der Waals surface area contributed by atoms with E-state index in [1.54, 1.807) is 30.7 Å². The number of thiazole rings is 1. The Bertz CT molecular complexity index is 870. The molecule has 3 rings (SSSR count). The molecule has 0 bridgehead atoms. The fourth-order valence-electron chi connectivity index (χ4n) is 3.28. The average Bonchev–Trinajstić information content (AvgIpc) is 3.22. The van der Waals surface area contributed by atoms with Crippen molar-refractivity contribution in [3.05, 3.63) is 34.8 Å². The number of carbonyl (C=O) groups is 2. The van der Waals surface area contributed by atoms with Crippen molar-refractivity contribution >= 4 is 28.4 Å². The standard InChI is InChI=1S/C20H26N4O4S/c1-12(2)17(18(25)23-19-21-6-8-29-19)22-20(26)24-7-5-13-9-15(27-3)16(28-4)10-14(13)11-24/h6,8-10,12,17H,5,7,11H2,1-4H3,(H,22,26)(H,21,23,25)/t17-/m0/s1. The van der Waals surface area contributed by atoms with Gasteiger partial charge < -0.3 is 25.0 Å². The second-order valence-corrected chi connectivity index (χ2v) is 8.04. The van der Waals surface area contributed by atoms with E-state index in [4.69, 9.17) is 9.47 Å². The first-order valence-corrected chi connectivity index (χ1v) is 10.3. The molecular weight excluding hydrogens is 392 g/mol. The molecule has 1 aromatic heterocycles. The fourth-order valence-corrected chi connectivity index (χ4v) is 3.82. The van der Waals surface area contributed by atoms with E-state index in [9.17, 15) is 9.59 Å². The molecule has 0 aliphatic carbocycles. The Balaban J connectivity index is 1.69. The lowest BCUT2D eigenvalue weighted by Crippen LogP contribution is -2.52. The minimum Gasteiger partial charge on any atom is -0.493 e. The summed E-state index contributed by atoms with van der Waals surface area (Å²) in [5.74, 6) is 0.978. The van der Waals surface area contributed by atoms with E-state index in [-0.39, 0.29) is 17.9 Å². The Morgan fingerprint density at radius 3 is 2.45 bits per heavy atom. The molecule has 3 amide bonds. The summed E-state index contributed by atoms with van der Waals surface area (Å²) in [5.41, 5.74) is 2.14. The number of fused-ring (bicyclic) bond motifs is 1. The van der Waals surface area contributed by atoms with Crippen molar-refractivity contribution in [2.24, 2.45) is 5.92 Å². The lowest BCUT2D eigenvalue weighted by atomic mass is 9.99. The second kappa shape index (κ2) is 9.13. The quantitative estimate of drug-likeness (QED) is 0.753. The molecule has 0 saturated carbocycles. The van der Waals surface area contributed by atoms with Gasteiger partial charge in [-0.15, -0.1) is 11.3 Å². The van der Waals surface area contributed by atoms with Crippen LogP contribution in [0, 0.1) is 5.92 Å². The van der Waals surface area contributed by atoms with Gasteiger partial charge in [0.25, 0.3) is 0 Å². The zero-order valence-electron chi connectivity index (χ0n) is 17.0. The topological polar surface area (TPSA) is 92.8 Å². The summed E-state index contributed by atoms with van der Waals surface area (Å²) in [6, 6.07) is 2.95. The molecule has 2 heterocycles. The van der Waals surface area contributed by atoms with Crippen LogP contribution in [-0.2, 0) is 17.8 Å². The number of aromatic nitrogens is 1. The molecule has 1 aliphatic rings. The van der Waals surface area contributed by atoms with Crippen LogP contribution in [0.25, 0.3) is 0 Å². The number of nitrogens with zero attached hydrogens (tertiary/aromatic N) is 2. The monoisotopic (exact) mass is 418 g/mol. The lowest BCUT2D eigenvalue weighted by molar-refractivity contribution is -0.118. The molecule has 0 fully saturated rings. The zero-order chi connectivity index (χ0) is 21.0. The molecule has 29 heavy (non-hydrogen) atoms. The van der Waals surface area contributed by atoms with Crippen LogP contribution in [0.5, 0.6) is 11.5 Å². The van der Waals surface area contributed by atoms with Gasteiger partial charge in [-0.25, -0.2) is 9.78 Å². The Labute approximate surface area is 174 Å². The first kappa shape index (κ1) is 20.9. The highest BCUT2D eigenvalue weighted by atomic mass is 32.1. The van der Waals surface area contributed by atoms with Gasteiger partial charge in [-0.2, -0.15) is 0 Å². The third kappa shape index (κ3) is 4.79. The van der Waals surface area contributed by atoms with Gasteiger partial charge in [-0.1, -0.05) is 13.8 Å². The first-order valence-electron chi connectivity index (χ1n) is 9.42. The van der Waals surface area contributed by atoms with Crippen LogP contribution in [0.4, 0.5) is 9.93 Å². The van der Waals surface area contributed by atoms with E-state index in [0.29, 0.717) is 36.1 Å². The largest absolute Gasteiger partial charge is 0.493 e. The number of carbonyl (C=O) groups excluding carboxylic acids is 2. The normalized spacial score (nSPS) is 14.2. The Kier molecular flexibility index (Phi) is 6.58. The van der Waals surface area contributed by atoms with Crippen molar-refractivity contribution in [3.8, 4) is 11.5 Å². The molecule has 2 aromatic rings. The van der Waals surface area contributed by atoms with Crippen LogP contribution in [0.15, 0.2) is 23.7 Å². The predicted molar refractivity (Wildman–Crippen MR) is 112 cm³/mol. The van der Waals surface area contributed by atoms with Crippen LogP contribution < -0.4 is 20.1 Å². The maximum Gasteiger partial charge on any atom is 0.318 e. The van der Waals surface area contributed by atoms with E-state index in [1.165, 1.54) is 11.3 Å². The van der Waals surface area contributed by atoms with Crippen molar-refractivity contribution in [2.45, 2.75) is 32.9 Å². The number of urea groups is 1. The SMILES string of the molecule is COc1cc2c(cc1OC)CN(C(=O)N[C@H](C(=O)Nc1nccs1)C(C)C)CC2. The lowest BCUT2D eigenvalue weighted by Gasteiger charge is -2.31. The molecule has 9 heteroatoms. The number of rotatable bonds is 6. The molecular formula is C20H26N4O4S. The molecule has 156 valence electrons. The van der Waals surface area contributed by atoms with Gasteiger partial charge >= 0.3 is 6.03 Å². The summed E-state index contributed by atoms with van der Waals surface area (Å²) >= 11 is 1.34. The van der Waals surface area contributed by atoms with E-state index in [2.05, 4.69) is 15.6 Å². The number of nitrogens with one attached hydrogen (secondary N) is 2. The van der Waals surface area contributed by atoms with Crippen molar-refractivity contribution in [2.75, 3.05) is 26.1 Å². The van der Waals surface area contributed by atoms with E-state index in [0.717, 1.165) is 11.1 Å². The number of benzene rings is 1. The van der Waals surface area contributed by atoms with E-state index < -0.39 is 6.04 Å². The number of hydrogen-bond acceptors (Lipinski definition) is 6. The molecule has 0 radical (unpaired) electrons. The van der Waals surface area contributed by atoms with Gasteiger partial charge in [-0.3, -0.25) is 4.79 Å². The second-order valence-electron chi connectivity index (χ2n) is 7.15.